The predicted octanol–water partition coefficient (Wildman–Crippen LogP) is 3.80. The zero-order valence-electron chi connectivity index (χ0n) is 10.3. The summed E-state index contributed by atoms with van der Waals surface area (Å²) in [4.78, 5) is 16.7. The summed E-state index contributed by atoms with van der Waals surface area (Å²) in [5.74, 6) is 0.523. The zero-order valence-corrected chi connectivity index (χ0v) is 12.6. The molecule has 1 heterocycles. The average molecular weight is 314 g/mol. The maximum absolute atomic E-state index is 11.1. The minimum Gasteiger partial charge on any atom is -0.469 e. The van der Waals surface area contributed by atoms with Gasteiger partial charge in [-0.15, -0.1) is 23.1 Å². The number of esters is 1. The fourth-order valence-corrected chi connectivity index (χ4v) is 3.23. The number of nitrogens with zero attached hydrogens (tertiary/aromatic N) is 1. The molecule has 0 bridgehead atoms. The fourth-order valence-electron chi connectivity index (χ4n) is 1.39. The Morgan fingerprint density at radius 1 is 1.42 bits per heavy atom. The summed E-state index contributed by atoms with van der Waals surface area (Å²) in [6.07, 6.45) is 0.235. The van der Waals surface area contributed by atoms with Gasteiger partial charge in [0.05, 0.1) is 25.0 Å². The summed E-state index contributed by atoms with van der Waals surface area (Å²) < 4.78 is 4.61. The van der Waals surface area contributed by atoms with Crippen LogP contribution in [-0.2, 0) is 21.7 Å². The van der Waals surface area contributed by atoms with E-state index in [0.29, 0.717) is 0 Å². The van der Waals surface area contributed by atoms with Crippen LogP contribution >= 0.6 is 34.7 Å². The lowest BCUT2D eigenvalue weighted by molar-refractivity contribution is -0.139. The molecule has 0 saturated heterocycles. The number of thiazole rings is 1. The topological polar surface area (TPSA) is 39.2 Å². The highest BCUT2D eigenvalue weighted by Gasteiger charge is 2.07. The van der Waals surface area contributed by atoms with Crippen molar-refractivity contribution in [1.29, 1.82) is 0 Å². The first kappa shape index (κ1) is 14.4. The normalized spacial score (nSPS) is 10.4. The molecule has 3 nitrogen and oxygen atoms in total. The van der Waals surface area contributed by atoms with Crippen molar-refractivity contribution in [3.05, 3.63) is 45.4 Å². The zero-order chi connectivity index (χ0) is 13.7. The van der Waals surface area contributed by atoms with E-state index < -0.39 is 0 Å². The highest BCUT2D eigenvalue weighted by atomic mass is 35.5. The Hall–Kier alpha value is -1.04. The minimum absolute atomic E-state index is 0.235. The number of hydrogen-bond acceptors (Lipinski definition) is 5. The van der Waals surface area contributed by atoms with E-state index in [1.54, 1.807) is 23.1 Å². The average Bonchev–Trinajstić information content (AvgIpc) is 2.85. The molecule has 0 N–H and O–H groups in total. The minimum atomic E-state index is -0.262. The van der Waals surface area contributed by atoms with Crippen molar-refractivity contribution >= 4 is 40.7 Å². The largest absolute Gasteiger partial charge is 0.469 e. The van der Waals surface area contributed by atoms with Crippen LogP contribution in [0.4, 0.5) is 0 Å². The molecule has 1 aromatic carbocycles. The van der Waals surface area contributed by atoms with Crippen LogP contribution in [0.3, 0.4) is 0 Å². The molecule has 0 fully saturated rings. The third-order valence-electron chi connectivity index (χ3n) is 2.33. The molecule has 2 rings (SSSR count). The van der Waals surface area contributed by atoms with Crippen molar-refractivity contribution in [2.75, 3.05) is 7.11 Å². The first-order valence-corrected chi connectivity index (χ1v) is 7.80. The van der Waals surface area contributed by atoms with E-state index in [1.807, 2.05) is 29.6 Å². The highest BCUT2D eigenvalue weighted by Crippen LogP contribution is 2.25. The third kappa shape index (κ3) is 4.53. The number of thioether (sulfide) groups is 1. The second-order valence-electron chi connectivity index (χ2n) is 3.73. The standard InChI is InChI=1S/C13H12ClNO2S2/c1-17-13(16)6-10-7-19-12(15-10)8-18-11-4-2-9(14)3-5-11/h2-5,7H,6,8H2,1H3. The van der Waals surface area contributed by atoms with Crippen LogP contribution in [0.1, 0.15) is 10.7 Å². The van der Waals surface area contributed by atoms with Crippen LogP contribution in [0.2, 0.25) is 5.02 Å². The Bertz CT molecular complexity index is 554. The van der Waals surface area contributed by atoms with Gasteiger partial charge in [0, 0.05) is 15.3 Å². The second-order valence-corrected chi connectivity index (χ2v) is 6.16. The van der Waals surface area contributed by atoms with Crippen molar-refractivity contribution in [2.45, 2.75) is 17.1 Å². The molecule has 0 radical (unpaired) electrons. The molecule has 100 valence electrons. The SMILES string of the molecule is COC(=O)Cc1csc(CSc2ccc(Cl)cc2)n1. The Morgan fingerprint density at radius 2 is 2.16 bits per heavy atom. The summed E-state index contributed by atoms with van der Waals surface area (Å²) in [6, 6.07) is 7.70. The van der Waals surface area contributed by atoms with E-state index in [4.69, 9.17) is 11.6 Å². The highest BCUT2D eigenvalue weighted by molar-refractivity contribution is 7.98. The van der Waals surface area contributed by atoms with E-state index >= 15 is 0 Å². The van der Waals surface area contributed by atoms with Crippen molar-refractivity contribution in [3.8, 4) is 0 Å². The fraction of sp³-hybridized carbons (Fsp3) is 0.231. The van der Waals surface area contributed by atoms with E-state index in [-0.39, 0.29) is 12.4 Å². The van der Waals surface area contributed by atoms with E-state index in [0.717, 1.165) is 26.4 Å². The molecular formula is C13H12ClNO2S2. The van der Waals surface area contributed by atoms with E-state index in [9.17, 15) is 4.79 Å². The smallest absolute Gasteiger partial charge is 0.311 e. The number of halogens is 1. The second kappa shape index (κ2) is 6.93. The van der Waals surface area contributed by atoms with Crippen LogP contribution in [0.25, 0.3) is 0 Å². The van der Waals surface area contributed by atoms with Crippen molar-refractivity contribution in [2.24, 2.45) is 0 Å². The molecular weight excluding hydrogens is 302 g/mol. The lowest BCUT2D eigenvalue weighted by atomic mass is 10.3. The molecule has 19 heavy (non-hydrogen) atoms. The summed E-state index contributed by atoms with van der Waals surface area (Å²) >= 11 is 9.08. The Morgan fingerprint density at radius 3 is 2.84 bits per heavy atom. The first-order chi connectivity index (χ1) is 9.17. The molecule has 0 atom stereocenters. The van der Waals surface area contributed by atoms with Gasteiger partial charge in [0.25, 0.3) is 0 Å². The van der Waals surface area contributed by atoms with Gasteiger partial charge in [0.1, 0.15) is 5.01 Å². The number of benzene rings is 1. The van der Waals surface area contributed by atoms with Crippen LogP contribution in [0, 0.1) is 0 Å². The number of aromatic nitrogens is 1. The molecule has 0 unspecified atom stereocenters. The number of carbonyl (C=O) groups is 1. The predicted molar refractivity (Wildman–Crippen MR) is 78.8 cm³/mol. The van der Waals surface area contributed by atoms with Gasteiger partial charge in [-0.05, 0) is 24.3 Å². The van der Waals surface area contributed by atoms with Gasteiger partial charge in [-0.3, -0.25) is 4.79 Å². The van der Waals surface area contributed by atoms with Crippen LogP contribution in [-0.4, -0.2) is 18.1 Å². The van der Waals surface area contributed by atoms with Gasteiger partial charge in [-0.1, -0.05) is 11.6 Å². The number of hydrogen-bond donors (Lipinski definition) is 0. The molecule has 0 saturated carbocycles. The van der Waals surface area contributed by atoms with Gasteiger partial charge in [0.2, 0.25) is 0 Å². The van der Waals surface area contributed by atoms with Crippen LogP contribution in [0.5, 0.6) is 0 Å². The molecule has 0 aliphatic rings. The van der Waals surface area contributed by atoms with E-state index in [1.165, 1.54) is 7.11 Å². The lowest BCUT2D eigenvalue weighted by Gasteiger charge is -1.99. The summed E-state index contributed by atoms with van der Waals surface area (Å²) in [7, 11) is 1.38. The number of rotatable bonds is 5. The Kier molecular flexibility index (Phi) is 5.24. The molecule has 0 amide bonds. The van der Waals surface area contributed by atoms with Gasteiger partial charge < -0.3 is 4.74 Å². The number of methoxy groups -OCH3 is 1. The monoisotopic (exact) mass is 313 g/mol. The molecule has 2 aromatic rings. The molecule has 0 spiro atoms. The van der Waals surface area contributed by atoms with Crippen molar-refractivity contribution < 1.29 is 9.53 Å². The molecule has 6 heteroatoms. The lowest BCUT2D eigenvalue weighted by Crippen LogP contribution is -2.04. The van der Waals surface area contributed by atoms with Crippen molar-refractivity contribution in [1.82, 2.24) is 4.98 Å². The summed E-state index contributed by atoms with van der Waals surface area (Å²) in [6.45, 7) is 0. The number of carbonyl (C=O) groups excluding carboxylic acids is 1. The maximum Gasteiger partial charge on any atom is 0.311 e. The molecule has 0 aliphatic heterocycles. The number of ether oxygens (including phenoxy) is 1. The third-order valence-corrected chi connectivity index (χ3v) is 4.68. The van der Waals surface area contributed by atoms with Crippen LogP contribution in [0.15, 0.2) is 34.5 Å². The van der Waals surface area contributed by atoms with Gasteiger partial charge in [-0.25, -0.2) is 4.98 Å². The quantitative estimate of drug-likeness (QED) is 0.621. The summed E-state index contributed by atoms with van der Waals surface area (Å²) in [5, 5.41) is 3.63. The van der Waals surface area contributed by atoms with Gasteiger partial charge >= 0.3 is 5.97 Å². The van der Waals surface area contributed by atoms with Crippen LogP contribution < -0.4 is 0 Å². The Balaban J connectivity index is 1.89. The van der Waals surface area contributed by atoms with Gasteiger partial charge in [-0.2, -0.15) is 0 Å². The molecule has 1 aromatic heterocycles. The maximum atomic E-state index is 11.1. The Labute approximate surface area is 125 Å². The van der Waals surface area contributed by atoms with Gasteiger partial charge in [0.15, 0.2) is 0 Å². The van der Waals surface area contributed by atoms with E-state index in [2.05, 4.69) is 9.72 Å². The summed E-state index contributed by atoms with van der Waals surface area (Å²) in [5.41, 5.74) is 0.767. The molecule has 0 aliphatic carbocycles. The first-order valence-electron chi connectivity index (χ1n) is 5.56. The van der Waals surface area contributed by atoms with Crippen molar-refractivity contribution in [3.63, 3.8) is 0 Å².